The Hall–Kier alpha value is -2.70. The first-order chi connectivity index (χ1) is 10.1. The molecule has 7 nitrogen and oxygen atoms in total. The topological polar surface area (TPSA) is 93.9 Å². The summed E-state index contributed by atoms with van der Waals surface area (Å²) in [5.41, 5.74) is 1.03. The van der Waals surface area contributed by atoms with Crippen molar-refractivity contribution >= 4 is 16.9 Å². The molecule has 0 aliphatic heterocycles. The van der Waals surface area contributed by atoms with Gasteiger partial charge in [0.2, 0.25) is 0 Å². The van der Waals surface area contributed by atoms with E-state index in [1.807, 2.05) is 32.0 Å². The van der Waals surface area contributed by atoms with Gasteiger partial charge in [0.25, 0.3) is 5.89 Å². The monoisotopic (exact) mass is 286 g/mol. The van der Waals surface area contributed by atoms with Gasteiger partial charge in [-0.15, -0.1) is 0 Å². The Morgan fingerprint density at radius 2 is 2.19 bits per heavy atom. The average Bonchev–Trinajstić information content (AvgIpc) is 3.11. The summed E-state index contributed by atoms with van der Waals surface area (Å²) in [6.45, 7) is 3.84. The molecule has 0 radical (unpaired) electrons. The van der Waals surface area contributed by atoms with E-state index < -0.39 is 5.97 Å². The van der Waals surface area contributed by atoms with Crippen molar-refractivity contribution < 1.29 is 14.1 Å². The van der Waals surface area contributed by atoms with Gasteiger partial charge in [0.15, 0.2) is 18.1 Å². The molecule has 0 saturated heterocycles. The Kier molecular flexibility index (Phi) is 3.39. The minimum absolute atomic E-state index is 0.0697. The molecule has 7 heteroatoms. The Bertz CT molecular complexity index is 775. The van der Waals surface area contributed by atoms with Crippen LogP contribution in [0.2, 0.25) is 0 Å². The quantitative estimate of drug-likeness (QED) is 0.740. The van der Waals surface area contributed by atoms with Crippen molar-refractivity contribution in [2.24, 2.45) is 0 Å². The van der Waals surface area contributed by atoms with Crippen molar-refractivity contribution in [3.8, 4) is 0 Å². The largest absolute Gasteiger partial charge is 0.451 e. The van der Waals surface area contributed by atoms with Gasteiger partial charge in [-0.1, -0.05) is 37.2 Å². The van der Waals surface area contributed by atoms with E-state index in [2.05, 4.69) is 20.3 Å². The molecule has 1 aromatic carbocycles. The van der Waals surface area contributed by atoms with Crippen LogP contribution in [0.3, 0.4) is 0 Å². The summed E-state index contributed by atoms with van der Waals surface area (Å²) in [7, 11) is 0. The fourth-order valence-electron chi connectivity index (χ4n) is 1.88. The Morgan fingerprint density at radius 3 is 2.95 bits per heavy atom. The molecule has 0 aliphatic rings. The number of aromatic amines is 1. The molecule has 0 bridgehead atoms. The Labute approximate surface area is 120 Å². The molecule has 3 aromatic rings. The second-order valence-electron chi connectivity index (χ2n) is 4.89. The maximum absolute atomic E-state index is 12.0. The van der Waals surface area contributed by atoms with Crippen LogP contribution in [0.5, 0.6) is 0 Å². The first-order valence-electron chi connectivity index (χ1n) is 6.58. The average molecular weight is 286 g/mol. The number of H-pyrrole nitrogens is 1. The molecule has 3 rings (SSSR count). The van der Waals surface area contributed by atoms with Gasteiger partial charge in [0.05, 0.1) is 5.52 Å². The highest BCUT2D eigenvalue weighted by Crippen LogP contribution is 2.16. The number of rotatable bonds is 4. The van der Waals surface area contributed by atoms with E-state index >= 15 is 0 Å². The molecule has 0 aliphatic carbocycles. The maximum atomic E-state index is 12.0. The third-order valence-electron chi connectivity index (χ3n) is 2.99. The first kappa shape index (κ1) is 13.3. The fourth-order valence-corrected chi connectivity index (χ4v) is 1.88. The van der Waals surface area contributed by atoms with Crippen molar-refractivity contribution in [2.75, 3.05) is 0 Å². The van der Waals surface area contributed by atoms with Crippen LogP contribution in [0.4, 0.5) is 0 Å². The van der Waals surface area contributed by atoms with Crippen LogP contribution in [0.15, 0.2) is 28.8 Å². The highest BCUT2D eigenvalue weighted by Gasteiger charge is 2.17. The number of carbonyl (C=O) groups excluding carboxylic acids is 1. The van der Waals surface area contributed by atoms with E-state index in [0.717, 1.165) is 10.9 Å². The zero-order chi connectivity index (χ0) is 14.8. The number of esters is 1. The van der Waals surface area contributed by atoms with E-state index in [1.54, 1.807) is 6.07 Å². The summed E-state index contributed by atoms with van der Waals surface area (Å²) in [6.07, 6.45) is 0. The lowest BCUT2D eigenvalue weighted by Gasteiger charge is -1.99. The zero-order valence-electron chi connectivity index (χ0n) is 11.7. The second kappa shape index (κ2) is 5.35. The maximum Gasteiger partial charge on any atom is 0.359 e. The second-order valence-corrected chi connectivity index (χ2v) is 4.89. The SMILES string of the molecule is CC(C)c1noc(COC(=O)c2n[nH]c3ccccc23)n1. The molecule has 2 heterocycles. The number of benzene rings is 1. The minimum Gasteiger partial charge on any atom is -0.451 e. The molecule has 0 saturated carbocycles. The third kappa shape index (κ3) is 2.62. The number of ether oxygens (including phenoxy) is 1. The molecule has 0 fully saturated rings. The van der Waals surface area contributed by atoms with E-state index in [-0.39, 0.29) is 24.1 Å². The van der Waals surface area contributed by atoms with Crippen LogP contribution in [-0.2, 0) is 11.3 Å². The molecule has 0 amide bonds. The molecular weight excluding hydrogens is 272 g/mol. The van der Waals surface area contributed by atoms with Crippen molar-refractivity contribution in [2.45, 2.75) is 26.4 Å². The summed E-state index contributed by atoms with van der Waals surface area (Å²) < 4.78 is 10.2. The van der Waals surface area contributed by atoms with Gasteiger partial charge in [0, 0.05) is 11.3 Å². The number of hydrogen-bond donors (Lipinski definition) is 1. The van der Waals surface area contributed by atoms with Gasteiger partial charge in [-0.25, -0.2) is 4.79 Å². The van der Waals surface area contributed by atoms with Crippen LogP contribution in [0, 0.1) is 0 Å². The highest BCUT2D eigenvalue weighted by atomic mass is 16.6. The van der Waals surface area contributed by atoms with Crippen molar-refractivity contribution in [3.05, 3.63) is 41.7 Å². The number of aromatic nitrogens is 4. The van der Waals surface area contributed by atoms with Crippen molar-refractivity contribution in [1.82, 2.24) is 20.3 Å². The summed E-state index contributed by atoms with van der Waals surface area (Å²) in [4.78, 5) is 16.2. The molecule has 21 heavy (non-hydrogen) atoms. The number of nitrogens with zero attached hydrogens (tertiary/aromatic N) is 3. The summed E-state index contributed by atoms with van der Waals surface area (Å²) in [5, 5.41) is 11.3. The number of para-hydroxylation sites is 1. The molecular formula is C14H14N4O3. The van der Waals surface area contributed by atoms with Gasteiger partial charge in [0.1, 0.15) is 0 Å². The van der Waals surface area contributed by atoms with Crippen molar-refractivity contribution in [3.63, 3.8) is 0 Å². The lowest BCUT2D eigenvalue weighted by Crippen LogP contribution is -2.06. The molecule has 0 atom stereocenters. The van der Waals surface area contributed by atoms with Gasteiger partial charge in [-0.05, 0) is 6.07 Å². The number of carbonyl (C=O) groups is 1. The van der Waals surface area contributed by atoms with Crippen LogP contribution in [0.1, 0.15) is 42.0 Å². The number of hydrogen-bond acceptors (Lipinski definition) is 6. The zero-order valence-corrected chi connectivity index (χ0v) is 11.7. The number of nitrogens with one attached hydrogen (secondary N) is 1. The van der Waals surface area contributed by atoms with Crippen LogP contribution in [0.25, 0.3) is 10.9 Å². The van der Waals surface area contributed by atoms with Crippen molar-refractivity contribution in [1.29, 1.82) is 0 Å². The first-order valence-corrected chi connectivity index (χ1v) is 6.58. The lowest BCUT2D eigenvalue weighted by molar-refractivity contribution is 0.0425. The lowest BCUT2D eigenvalue weighted by atomic mass is 10.2. The third-order valence-corrected chi connectivity index (χ3v) is 2.99. The number of fused-ring (bicyclic) bond motifs is 1. The van der Waals surface area contributed by atoms with Crippen LogP contribution >= 0.6 is 0 Å². The molecule has 0 unspecified atom stereocenters. The normalized spacial score (nSPS) is 11.2. The fraction of sp³-hybridized carbons (Fsp3) is 0.286. The van der Waals surface area contributed by atoms with E-state index in [9.17, 15) is 4.79 Å². The molecule has 1 N–H and O–H groups in total. The Balaban J connectivity index is 1.71. The highest BCUT2D eigenvalue weighted by molar-refractivity contribution is 6.01. The van der Waals surface area contributed by atoms with Crippen LogP contribution in [-0.4, -0.2) is 26.3 Å². The van der Waals surface area contributed by atoms with Crippen LogP contribution < -0.4 is 0 Å². The predicted octanol–water partition coefficient (Wildman–Crippen LogP) is 2.43. The van der Waals surface area contributed by atoms with E-state index in [1.165, 1.54) is 0 Å². The standard InChI is InChI=1S/C14H14N4O3/c1-8(2)13-15-11(21-18-13)7-20-14(19)12-9-5-3-4-6-10(9)16-17-12/h3-6,8H,7H2,1-2H3,(H,16,17). The van der Waals surface area contributed by atoms with Gasteiger partial charge >= 0.3 is 5.97 Å². The molecule has 2 aromatic heterocycles. The summed E-state index contributed by atoms with van der Waals surface area (Å²) in [5.74, 6) is 0.489. The van der Waals surface area contributed by atoms with E-state index in [4.69, 9.17) is 9.26 Å². The predicted molar refractivity (Wildman–Crippen MR) is 73.6 cm³/mol. The van der Waals surface area contributed by atoms with Gasteiger partial charge in [-0.2, -0.15) is 10.1 Å². The van der Waals surface area contributed by atoms with Gasteiger partial charge < -0.3 is 9.26 Å². The Morgan fingerprint density at radius 1 is 1.38 bits per heavy atom. The van der Waals surface area contributed by atoms with Gasteiger partial charge in [-0.3, -0.25) is 5.10 Å². The smallest absolute Gasteiger partial charge is 0.359 e. The molecule has 0 spiro atoms. The summed E-state index contributed by atoms with van der Waals surface area (Å²) in [6, 6.07) is 7.34. The molecule has 108 valence electrons. The van der Waals surface area contributed by atoms with E-state index in [0.29, 0.717) is 5.82 Å². The summed E-state index contributed by atoms with van der Waals surface area (Å²) >= 11 is 0. The minimum atomic E-state index is -0.531.